The minimum absolute atomic E-state index is 0.131. The van der Waals surface area contributed by atoms with Crippen LogP contribution in [0.3, 0.4) is 0 Å². The van der Waals surface area contributed by atoms with Crippen LogP contribution >= 0.6 is 0 Å². The number of hydrogen-bond acceptors (Lipinski definition) is 3. The lowest BCUT2D eigenvalue weighted by molar-refractivity contribution is -0.148. The summed E-state index contributed by atoms with van der Waals surface area (Å²) in [6.45, 7) is 2.07. The number of rotatable bonds is 2. The fourth-order valence-electron chi connectivity index (χ4n) is 1.95. The van der Waals surface area contributed by atoms with E-state index < -0.39 is 6.04 Å². The van der Waals surface area contributed by atoms with Gasteiger partial charge in [0.05, 0.1) is 6.61 Å². The van der Waals surface area contributed by atoms with Crippen molar-refractivity contribution in [2.24, 2.45) is 0 Å². The Balaban J connectivity index is 2.41. The first-order chi connectivity index (χ1) is 7.66. The van der Waals surface area contributed by atoms with Crippen molar-refractivity contribution in [3.63, 3.8) is 0 Å². The lowest BCUT2D eigenvalue weighted by Gasteiger charge is -2.18. The van der Waals surface area contributed by atoms with Gasteiger partial charge in [0, 0.05) is 12.6 Å². The maximum Gasteiger partial charge on any atom is 0.333 e. The Hall–Kier alpha value is -1.84. The van der Waals surface area contributed by atoms with E-state index in [0.717, 1.165) is 5.56 Å². The van der Waals surface area contributed by atoms with Gasteiger partial charge in [-0.3, -0.25) is 4.79 Å². The molecule has 1 aliphatic heterocycles. The van der Waals surface area contributed by atoms with Crippen molar-refractivity contribution in [1.29, 1.82) is 0 Å². The molecule has 1 aliphatic rings. The van der Waals surface area contributed by atoms with Gasteiger partial charge in [0.15, 0.2) is 6.04 Å². The monoisotopic (exact) mass is 219 g/mol. The van der Waals surface area contributed by atoms with E-state index in [9.17, 15) is 9.59 Å². The van der Waals surface area contributed by atoms with Crippen molar-refractivity contribution in [1.82, 2.24) is 4.90 Å². The maximum atomic E-state index is 11.8. The van der Waals surface area contributed by atoms with Crippen LogP contribution in [-0.4, -0.2) is 30.4 Å². The smallest absolute Gasteiger partial charge is 0.333 e. The number of carbonyl (C=O) groups is 2. The Morgan fingerprint density at radius 1 is 1.44 bits per heavy atom. The molecule has 1 aromatic rings. The second kappa shape index (κ2) is 3.96. The van der Waals surface area contributed by atoms with Crippen LogP contribution < -0.4 is 0 Å². The van der Waals surface area contributed by atoms with Crippen molar-refractivity contribution in [2.45, 2.75) is 13.0 Å². The van der Waals surface area contributed by atoms with E-state index in [-0.39, 0.29) is 11.9 Å². The number of ether oxygens (including phenoxy) is 1. The normalized spacial score (nSPS) is 18.5. The van der Waals surface area contributed by atoms with Gasteiger partial charge < -0.3 is 9.64 Å². The summed E-state index contributed by atoms with van der Waals surface area (Å²) < 4.78 is 4.97. The molecule has 0 spiro atoms. The lowest BCUT2D eigenvalue weighted by atomic mass is 10.1. The van der Waals surface area contributed by atoms with Gasteiger partial charge >= 0.3 is 5.97 Å². The van der Waals surface area contributed by atoms with Crippen molar-refractivity contribution in [3.05, 3.63) is 35.4 Å². The number of likely N-dealkylation sites (N-methyl/N-ethyl adjacent to an activating group) is 1. The van der Waals surface area contributed by atoms with Gasteiger partial charge in [0.25, 0.3) is 5.91 Å². The lowest BCUT2D eigenvalue weighted by Crippen LogP contribution is -2.30. The Bertz CT molecular complexity index is 442. The molecule has 16 heavy (non-hydrogen) atoms. The molecule has 1 atom stereocenters. The van der Waals surface area contributed by atoms with Crippen molar-refractivity contribution >= 4 is 11.9 Å². The average molecular weight is 219 g/mol. The topological polar surface area (TPSA) is 46.6 Å². The largest absolute Gasteiger partial charge is 0.464 e. The molecule has 0 aromatic heterocycles. The second-order valence-electron chi connectivity index (χ2n) is 3.66. The highest BCUT2D eigenvalue weighted by Gasteiger charge is 2.39. The summed E-state index contributed by atoms with van der Waals surface area (Å²) in [5, 5.41) is 0. The molecule has 4 nitrogen and oxygen atoms in total. The third-order valence-corrected chi connectivity index (χ3v) is 2.70. The number of benzene rings is 1. The molecule has 2 rings (SSSR count). The summed E-state index contributed by atoms with van der Waals surface area (Å²) >= 11 is 0. The van der Waals surface area contributed by atoms with Crippen molar-refractivity contribution in [2.75, 3.05) is 13.7 Å². The van der Waals surface area contributed by atoms with Crippen LogP contribution in [0.5, 0.6) is 0 Å². The van der Waals surface area contributed by atoms with E-state index in [1.807, 2.05) is 6.07 Å². The van der Waals surface area contributed by atoms with Crippen LogP contribution in [0.4, 0.5) is 0 Å². The Labute approximate surface area is 93.8 Å². The van der Waals surface area contributed by atoms with Gasteiger partial charge in [0.2, 0.25) is 0 Å². The fraction of sp³-hybridized carbons (Fsp3) is 0.333. The van der Waals surface area contributed by atoms with Crippen LogP contribution in [-0.2, 0) is 9.53 Å². The van der Waals surface area contributed by atoms with Crippen LogP contribution in [0.15, 0.2) is 24.3 Å². The van der Waals surface area contributed by atoms with E-state index in [2.05, 4.69) is 0 Å². The summed E-state index contributed by atoms with van der Waals surface area (Å²) in [7, 11) is 1.62. The van der Waals surface area contributed by atoms with E-state index >= 15 is 0 Å². The molecule has 1 heterocycles. The Kier molecular flexibility index (Phi) is 2.64. The minimum atomic E-state index is -0.594. The zero-order chi connectivity index (χ0) is 11.7. The second-order valence-corrected chi connectivity index (χ2v) is 3.66. The number of esters is 1. The molecule has 0 bridgehead atoms. The van der Waals surface area contributed by atoms with Crippen LogP contribution in [0.2, 0.25) is 0 Å². The minimum Gasteiger partial charge on any atom is -0.464 e. The number of carbonyl (C=O) groups excluding carboxylic acids is 2. The summed E-state index contributed by atoms with van der Waals surface area (Å²) in [5.41, 5.74) is 1.32. The molecule has 0 unspecified atom stereocenters. The highest BCUT2D eigenvalue weighted by molar-refractivity contribution is 6.03. The van der Waals surface area contributed by atoms with Crippen LogP contribution in [0.25, 0.3) is 0 Å². The third-order valence-electron chi connectivity index (χ3n) is 2.70. The molecule has 84 valence electrons. The number of fused-ring (bicyclic) bond motifs is 1. The standard InChI is InChI=1S/C12H13NO3/c1-3-16-12(15)10-8-6-4-5-7-9(8)11(14)13(10)2/h4-7,10H,3H2,1-2H3/t10-/m0/s1. The molecule has 4 heteroatoms. The molecule has 0 fully saturated rings. The van der Waals surface area contributed by atoms with Gasteiger partial charge in [-0.2, -0.15) is 0 Å². The molecule has 0 aliphatic carbocycles. The van der Waals surface area contributed by atoms with Gasteiger partial charge in [0.1, 0.15) is 0 Å². The number of nitrogens with zero attached hydrogens (tertiary/aromatic N) is 1. The molecular formula is C12H13NO3. The van der Waals surface area contributed by atoms with Gasteiger partial charge in [-0.05, 0) is 18.6 Å². The predicted octanol–water partition coefficient (Wildman–Crippen LogP) is 1.38. The van der Waals surface area contributed by atoms with Crippen molar-refractivity contribution < 1.29 is 14.3 Å². The summed E-state index contributed by atoms with van der Waals surface area (Å²) in [6.07, 6.45) is 0. The van der Waals surface area contributed by atoms with Gasteiger partial charge in [-0.1, -0.05) is 18.2 Å². The predicted molar refractivity (Wildman–Crippen MR) is 57.9 cm³/mol. The van der Waals surface area contributed by atoms with E-state index in [4.69, 9.17) is 4.74 Å². The van der Waals surface area contributed by atoms with E-state index in [1.54, 1.807) is 32.2 Å². The summed E-state index contributed by atoms with van der Waals surface area (Å²) in [4.78, 5) is 25.0. The molecule has 0 N–H and O–H groups in total. The first-order valence-electron chi connectivity index (χ1n) is 5.19. The van der Waals surface area contributed by atoms with Gasteiger partial charge in [-0.25, -0.2) is 4.79 Å². The SMILES string of the molecule is CCOC(=O)[C@@H]1c2ccccc2C(=O)N1C. The summed E-state index contributed by atoms with van der Waals surface area (Å²) in [5.74, 6) is -0.503. The van der Waals surface area contributed by atoms with Gasteiger partial charge in [-0.15, -0.1) is 0 Å². The third kappa shape index (κ3) is 1.46. The van der Waals surface area contributed by atoms with E-state index in [0.29, 0.717) is 12.2 Å². The average Bonchev–Trinajstić information content (AvgIpc) is 2.53. The highest BCUT2D eigenvalue weighted by atomic mass is 16.5. The quantitative estimate of drug-likeness (QED) is 0.706. The zero-order valence-corrected chi connectivity index (χ0v) is 9.27. The van der Waals surface area contributed by atoms with E-state index in [1.165, 1.54) is 4.90 Å². The highest BCUT2D eigenvalue weighted by Crippen LogP contribution is 2.32. The van der Waals surface area contributed by atoms with Crippen molar-refractivity contribution in [3.8, 4) is 0 Å². The molecule has 1 aromatic carbocycles. The molecular weight excluding hydrogens is 206 g/mol. The summed E-state index contributed by atoms with van der Waals surface area (Å²) in [6, 6.07) is 6.53. The maximum absolute atomic E-state index is 11.8. The zero-order valence-electron chi connectivity index (χ0n) is 9.27. The Morgan fingerprint density at radius 2 is 2.12 bits per heavy atom. The molecule has 0 radical (unpaired) electrons. The molecule has 0 saturated heterocycles. The first-order valence-corrected chi connectivity index (χ1v) is 5.19. The molecule has 0 saturated carbocycles. The van der Waals surface area contributed by atoms with Crippen LogP contribution in [0.1, 0.15) is 28.9 Å². The molecule has 1 amide bonds. The number of amides is 1. The Morgan fingerprint density at radius 3 is 2.81 bits per heavy atom. The van der Waals surface area contributed by atoms with Crippen LogP contribution in [0, 0.1) is 0 Å². The number of hydrogen-bond donors (Lipinski definition) is 0. The first kappa shape index (κ1) is 10.7. The fourth-order valence-corrected chi connectivity index (χ4v) is 1.95.